The Labute approximate surface area is 320 Å². The third-order valence-electron chi connectivity index (χ3n) is 12.0. The summed E-state index contributed by atoms with van der Waals surface area (Å²) in [4.78, 5) is 0. The van der Waals surface area contributed by atoms with Crippen molar-refractivity contribution in [2.75, 3.05) is 0 Å². The zero-order valence-electron chi connectivity index (χ0n) is 30.1. The monoisotopic (exact) mass is 713 g/mol. The standard InChI is InChI=1S/C52H31N3O/c1-3-16-33(17-4-1)53-42-24-12-9-22-38(42)47-50(53)46-39-23-10-13-25-43(39)54(35-28-30-45-41(31-35)37-21-11-14-26-44(37)56-45)51(46)48-40-29-27-32-15-7-8-20-36(32)49(40)55(52(47)48)34-18-5-2-6-19-34/h1-31H. The Bertz CT molecular complexity index is 3750. The molecule has 0 aliphatic rings. The van der Waals surface area contributed by atoms with Crippen molar-refractivity contribution in [3.8, 4) is 17.1 Å². The highest BCUT2D eigenvalue weighted by Crippen LogP contribution is 2.51. The van der Waals surface area contributed by atoms with Crippen molar-refractivity contribution in [1.82, 2.24) is 13.7 Å². The van der Waals surface area contributed by atoms with Crippen molar-refractivity contribution >= 4 is 98.1 Å². The Morgan fingerprint density at radius 2 is 0.786 bits per heavy atom. The van der Waals surface area contributed by atoms with Gasteiger partial charge in [-0.05, 0) is 66.0 Å². The van der Waals surface area contributed by atoms with Crippen LogP contribution in [0.5, 0.6) is 0 Å². The van der Waals surface area contributed by atoms with Gasteiger partial charge in [0.2, 0.25) is 0 Å². The first-order valence-electron chi connectivity index (χ1n) is 19.2. The molecule has 0 fully saturated rings. The molecule has 4 nitrogen and oxygen atoms in total. The quantitative estimate of drug-likeness (QED) is 0.179. The maximum Gasteiger partial charge on any atom is 0.135 e. The number of hydrogen-bond donors (Lipinski definition) is 0. The minimum absolute atomic E-state index is 0.889. The Hall–Kier alpha value is -7.56. The molecule has 260 valence electrons. The number of nitrogens with zero attached hydrogens (tertiary/aromatic N) is 3. The lowest BCUT2D eigenvalue weighted by Gasteiger charge is -2.13. The average Bonchev–Trinajstić information content (AvgIpc) is 4.00. The molecule has 13 aromatic rings. The molecule has 0 unspecified atom stereocenters. The second-order valence-corrected chi connectivity index (χ2v) is 14.8. The maximum absolute atomic E-state index is 6.36. The zero-order chi connectivity index (χ0) is 36.5. The van der Waals surface area contributed by atoms with Gasteiger partial charge in [0.05, 0.1) is 33.1 Å². The van der Waals surface area contributed by atoms with E-state index in [1.807, 2.05) is 6.07 Å². The first-order valence-corrected chi connectivity index (χ1v) is 19.2. The van der Waals surface area contributed by atoms with Crippen LogP contribution in [-0.4, -0.2) is 13.7 Å². The summed E-state index contributed by atoms with van der Waals surface area (Å²) >= 11 is 0. The van der Waals surface area contributed by atoms with Crippen LogP contribution in [0.1, 0.15) is 0 Å². The zero-order valence-corrected chi connectivity index (χ0v) is 30.1. The van der Waals surface area contributed by atoms with Gasteiger partial charge >= 0.3 is 0 Å². The molecular formula is C52H31N3O. The van der Waals surface area contributed by atoms with Crippen molar-refractivity contribution in [1.29, 1.82) is 0 Å². The predicted octanol–water partition coefficient (Wildman–Crippen LogP) is 14.0. The highest BCUT2D eigenvalue weighted by molar-refractivity contribution is 6.41. The van der Waals surface area contributed by atoms with Gasteiger partial charge in [0, 0.05) is 65.5 Å². The smallest absolute Gasteiger partial charge is 0.135 e. The summed E-state index contributed by atoms with van der Waals surface area (Å²) in [6, 6.07) is 68.2. The summed E-state index contributed by atoms with van der Waals surface area (Å²) in [5.74, 6) is 0. The van der Waals surface area contributed by atoms with Crippen LogP contribution in [-0.2, 0) is 0 Å². The molecule has 0 bridgehead atoms. The van der Waals surface area contributed by atoms with E-state index >= 15 is 0 Å². The first kappa shape index (κ1) is 29.8. The fourth-order valence-electron chi connectivity index (χ4n) is 9.76. The number of para-hydroxylation sites is 5. The lowest BCUT2D eigenvalue weighted by atomic mass is 10.0. The van der Waals surface area contributed by atoms with Crippen LogP contribution in [0.2, 0.25) is 0 Å². The molecule has 0 N–H and O–H groups in total. The van der Waals surface area contributed by atoms with Crippen molar-refractivity contribution in [3.63, 3.8) is 0 Å². The largest absolute Gasteiger partial charge is 0.456 e. The fourth-order valence-corrected chi connectivity index (χ4v) is 9.76. The normalized spacial score (nSPS) is 12.3. The highest BCUT2D eigenvalue weighted by Gasteiger charge is 2.29. The summed E-state index contributed by atoms with van der Waals surface area (Å²) in [5.41, 5.74) is 12.3. The summed E-state index contributed by atoms with van der Waals surface area (Å²) < 4.78 is 13.9. The van der Waals surface area contributed by atoms with E-state index in [0.29, 0.717) is 0 Å². The molecule has 56 heavy (non-hydrogen) atoms. The first-order chi connectivity index (χ1) is 27.8. The molecular weight excluding hydrogens is 683 g/mol. The fraction of sp³-hybridized carbons (Fsp3) is 0. The van der Waals surface area contributed by atoms with Gasteiger partial charge in [-0.15, -0.1) is 0 Å². The summed E-state index contributed by atoms with van der Waals surface area (Å²) in [6.45, 7) is 0. The van der Waals surface area contributed by atoms with Gasteiger partial charge in [-0.3, -0.25) is 0 Å². The number of furan rings is 1. The molecule has 0 saturated carbocycles. The molecule has 0 radical (unpaired) electrons. The van der Waals surface area contributed by atoms with E-state index in [1.165, 1.54) is 70.7 Å². The van der Waals surface area contributed by atoms with E-state index < -0.39 is 0 Å². The molecule has 0 atom stereocenters. The Kier molecular flexibility index (Phi) is 5.86. The Balaban J connectivity index is 1.38. The van der Waals surface area contributed by atoms with Gasteiger partial charge < -0.3 is 18.1 Å². The summed E-state index contributed by atoms with van der Waals surface area (Å²) in [6.07, 6.45) is 0. The minimum Gasteiger partial charge on any atom is -0.456 e. The van der Waals surface area contributed by atoms with Gasteiger partial charge in [-0.25, -0.2) is 0 Å². The molecule has 4 heterocycles. The molecule has 0 amide bonds. The van der Waals surface area contributed by atoms with Gasteiger partial charge in [0.25, 0.3) is 0 Å². The van der Waals surface area contributed by atoms with E-state index in [-0.39, 0.29) is 0 Å². The lowest BCUT2D eigenvalue weighted by Crippen LogP contribution is -1.98. The van der Waals surface area contributed by atoms with Crippen LogP contribution in [0, 0.1) is 0 Å². The van der Waals surface area contributed by atoms with Crippen LogP contribution < -0.4 is 0 Å². The van der Waals surface area contributed by atoms with Crippen LogP contribution in [0.4, 0.5) is 0 Å². The minimum atomic E-state index is 0.889. The van der Waals surface area contributed by atoms with Gasteiger partial charge in [-0.2, -0.15) is 0 Å². The summed E-state index contributed by atoms with van der Waals surface area (Å²) in [5, 5.41) is 12.1. The van der Waals surface area contributed by atoms with Crippen molar-refractivity contribution in [2.45, 2.75) is 0 Å². The number of rotatable bonds is 3. The van der Waals surface area contributed by atoms with Crippen molar-refractivity contribution in [2.24, 2.45) is 0 Å². The van der Waals surface area contributed by atoms with Gasteiger partial charge in [0.1, 0.15) is 11.2 Å². The summed E-state index contributed by atoms with van der Waals surface area (Å²) in [7, 11) is 0. The molecule has 4 aromatic heterocycles. The highest BCUT2D eigenvalue weighted by atomic mass is 16.3. The third-order valence-corrected chi connectivity index (χ3v) is 12.0. The van der Waals surface area contributed by atoms with E-state index in [9.17, 15) is 0 Å². The van der Waals surface area contributed by atoms with Crippen LogP contribution >= 0.6 is 0 Å². The number of benzene rings is 9. The molecule has 0 aliphatic carbocycles. The van der Waals surface area contributed by atoms with Crippen molar-refractivity contribution < 1.29 is 4.42 Å². The molecule has 0 aliphatic heterocycles. The van der Waals surface area contributed by atoms with Crippen LogP contribution in [0.25, 0.3) is 115 Å². The van der Waals surface area contributed by atoms with Crippen LogP contribution in [0.15, 0.2) is 192 Å². The van der Waals surface area contributed by atoms with Gasteiger partial charge in [-0.1, -0.05) is 127 Å². The molecule has 4 heteroatoms. The third kappa shape index (κ3) is 3.82. The molecule has 0 spiro atoms. The van der Waals surface area contributed by atoms with E-state index in [0.717, 1.165) is 44.5 Å². The van der Waals surface area contributed by atoms with E-state index in [2.05, 4.69) is 196 Å². The number of fused-ring (bicyclic) bond motifs is 17. The lowest BCUT2D eigenvalue weighted by molar-refractivity contribution is 0.669. The van der Waals surface area contributed by atoms with E-state index in [4.69, 9.17) is 4.42 Å². The predicted molar refractivity (Wildman–Crippen MR) is 234 cm³/mol. The van der Waals surface area contributed by atoms with Crippen LogP contribution in [0.3, 0.4) is 0 Å². The molecule has 9 aromatic carbocycles. The Morgan fingerprint density at radius 3 is 1.48 bits per heavy atom. The topological polar surface area (TPSA) is 27.9 Å². The second kappa shape index (κ2) is 11.0. The molecule has 13 rings (SSSR count). The maximum atomic E-state index is 6.36. The van der Waals surface area contributed by atoms with Crippen molar-refractivity contribution in [3.05, 3.63) is 188 Å². The number of aromatic nitrogens is 3. The average molecular weight is 714 g/mol. The molecule has 0 saturated heterocycles. The second-order valence-electron chi connectivity index (χ2n) is 14.8. The number of hydrogen-bond acceptors (Lipinski definition) is 1. The SMILES string of the molecule is c1ccc(-n2c3ccccc3c3c2c2c4ccccc4n(-c4ccc5oc6ccccc6c5c4)c2c2c4ccc5ccccc5c4n(-c4ccccc4)c23)cc1. The van der Waals surface area contributed by atoms with E-state index in [1.54, 1.807) is 0 Å². The Morgan fingerprint density at radius 1 is 0.286 bits per heavy atom. The van der Waals surface area contributed by atoms with Gasteiger partial charge in [0.15, 0.2) is 0 Å².